The van der Waals surface area contributed by atoms with E-state index >= 15 is 0 Å². The highest BCUT2D eigenvalue weighted by Gasteiger charge is 2.14. The number of benzene rings is 2. The topological polar surface area (TPSA) is 84.2 Å². The van der Waals surface area contributed by atoms with Crippen molar-refractivity contribution in [3.63, 3.8) is 0 Å². The minimum atomic E-state index is -0.439. The average Bonchev–Trinajstić information content (AvgIpc) is 3.25. The van der Waals surface area contributed by atoms with Crippen molar-refractivity contribution in [2.45, 2.75) is 6.42 Å². The van der Waals surface area contributed by atoms with Gasteiger partial charge in [-0.25, -0.2) is 0 Å². The number of hydrogen-bond acceptors (Lipinski definition) is 4. The van der Waals surface area contributed by atoms with Gasteiger partial charge in [0.25, 0.3) is 5.91 Å². The first-order valence-electron chi connectivity index (χ1n) is 8.87. The molecule has 4 rings (SSSR count). The number of furan rings is 1. The quantitative estimate of drug-likeness (QED) is 0.493. The first-order chi connectivity index (χ1) is 14.1. The van der Waals surface area contributed by atoms with Crippen LogP contribution in [0.3, 0.4) is 0 Å². The molecular formula is C22H16ClN3O3. The molecule has 0 unspecified atom stereocenters. The smallest absolute Gasteiger partial charge is 0.291 e. The summed E-state index contributed by atoms with van der Waals surface area (Å²) in [6.45, 7) is 0. The molecule has 2 amide bonds. The maximum atomic E-state index is 12.7. The van der Waals surface area contributed by atoms with E-state index in [-0.39, 0.29) is 18.1 Å². The van der Waals surface area contributed by atoms with E-state index in [0.717, 1.165) is 16.5 Å². The summed E-state index contributed by atoms with van der Waals surface area (Å²) < 4.78 is 5.10. The van der Waals surface area contributed by atoms with Crippen LogP contribution in [0.4, 0.5) is 11.4 Å². The SMILES string of the molecule is O=C(Cc1cccc2cccnc12)Nc1ccc(Cl)cc1NC(=O)c1ccco1. The van der Waals surface area contributed by atoms with E-state index in [1.807, 2.05) is 30.3 Å². The van der Waals surface area contributed by atoms with Crippen LogP contribution in [0.25, 0.3) is 10.9 Å². The second-order valence-electron chi connectivity index (χ2n) is 6.34. The summed E-state index contributed by atoms with van der Waals surface area (Å²) >= 11 is 6.06. The molecule has 0 bridgehead atoms. The van der Waals surface area contributed by atoms with Gasteiger partial charge in [0.15, 0.2) is 5.76 Å². The fourth-order valence-corrected chi connectivity index (χ4v) is 3.17. The largest absolute Gasteiger partial charge is 0.459 e. The highest BCUT2D eigenvalue weighted by Crippen LogP contribution is 2.27. The molecule has 0 aliphatic heterocycles. The molecule has 144 valence electrons. The maximum absolute atomic E-state index is 12.7. The second-order valence-corrected chi connectivity index (χ2v) is 6.77. The third-order valence-electron chi connectivity index (χ3n) is 4.32. The number of nitrogens with one attached hydrogen (secondary N) is 2. The summed E-state index contributed by atoms with van der Waals surface area (Å²) in [5.74, 6) is -0.519. The number of aromatic nitrogens is 1. The van der Waals surface area contributed by atoms with Gasteiger partial charge in [-0.2, -0.15) is 0 Å². The van der Waals surface area contributed by atoms with Gasteiger partial charge < -0.3 is 15.1 Å². The normalized spacial score (nSPS) is 10.7. The van der Waals surface area contributed by atoms with E-state index in [4.69, 9.17) is 16.0 Å². The highest BCUT2D eigenvalue weighted by atomic mass is 35.5. The van der Waals surface area contributed by atoms with Gasteiger partial charge in [0.1, 0.15) is 0 Å². The first kappa shape index (κ1) is 18.7. The number of amides is 2. The van der Waals surface area contributed by atoms with E-state index in [1.165, 1.54) is 6.26 Å². The number of rotatable bonds is 5. The van der Waals surface area contributed by atoms with E-state index in [2.05, 4.69) is 15.6 Å². The Labute approximate surface area is 171 Å². The van der Waals surface area contributed by atoms with Crippen molar-refractivity contribution < 1.29 is 14.0 Å². The van der Waals surface area contributed by atoms with Crippen molar-refractivity contribution >= 4 is 45.7 Å². The monoisotopic (exact) mass is 405 g/mol. The number of carbonyl (C=O) groups excluding carboxylic acids is 2. The summed E-state index contributed by atoms with van der Waals surface area (Å²) in [5.41, 5.74) is 2.42. The molecule has 0 fully saturated rings. The fraction of sp³-hybridized carbons (Fsp3) is 0.0455. The van der Waals surface area contributed by atoms with Crippen LogP contribution in [0.2, 0.25) is 5.02 Å². The van der Waals surface area contributed by atoms with Crippen LogP contribution in [0.1, 0.15) is 16.1 Å². The minimum absolute atomic E-state index is 0.141. The van der Waals surface area contributed by atoms with Crippen LogP contribution in [0.15, 0.2) is 77.5 Å². The molecule has 2 N–H and O–H groups in total. The number of nitrogens with zero attached hydrogens (tertiary/aromatic N) is 1. The first-order valence-corrected chi connectivity index (χ1v) is 9.25. The van der Waals surface area contributed by atoms with Crippen LogP contribution in [-0.2, 0) is 11.2 Å². The van der Waals surface area contributed by atoms with Crippen molar-refractivity contribution in [3.8, 4) is 0 Å². The van der Waals surface area contributed by atoms with Gasteiger partial charge in [0, 0.05) is 16.6 Å². The molecule has 0 atom stereocenters. The fourth-order valence-electron chi connectivity index (χ4n) is 3.00. The molecule has 2 aromatic heterocycles. The van der Waals surface area contributed by atoms with Crippen LogP contribution in [0.5, 0.6) is 0 Å². The Morgan fingerprint density at radius 3 is 2.66 bits per heavy atom. The minimum Gasteiger partial charge on any atom is -0.459 e. The molecule has 4 aromatic rings. The molecule has 0 saturated heterocycles. The highest BCUT2D eigenvalue weighted by molar-refractivity contribution is 6.31. The molecule has 2 heterocycles. The Balaban J connectivity index is 1.54. The van der Waals surface area contributed by atoms with Crippen molar-refractivity contribution in [3.05, 3.63) is 89.5 Å². The molecular weight excluding hydrogens is 390 g/mol. The molecule has 0 radical (unpaired) electrons. The van der Waals surface area contributed by atoms with Crippen LogP contribution < -0.4 is 10.6 Å². The van der Waals surface area contributed by atoms with E-state index in [0.29, 0.717) is 16.4 Å². The second kappa shape index (κ2) is 8.16. The van der Waals surface area contributed by atoms with Gasteiger partial charge >= 0.3 is 0 Å². The van der Waals surface area contributed by atoms with Gasteiger partial charge in [-0.05, 0) is 42.0 Å². The zero-order valence-electron chi connectivity index (χ0n) is 15.2. The maximum Gasteiger partial charge on any atom is 0.291 e. The molecule has 29 heavy (non-hydrogen) atoms. The van der Waals surface area contributed by atoms with Gasteiger partial charge in [-0.15, -0.1) is 0 Å². The molecule has 6 nitrogen and oxygen atoms in total. The molecule has 0 saturated carbocycles. The van der Waals surface area contributed by atoms with E-state index < -0.39 is 5.91 Å². The lowest BCUT2D eigenvalue weighted by Gasteiger charge is -2.13. The van der Waals surface area contributed by atoms with Crippen LogP contribution in [0, 0.1) is 0 Å². The van der Waals surface area contributed by atoms with Gasteiger partial charge in [0.2, 0.25) is 5.91 Å². The molecule has 2 aromatic carbocycles. The molecule has 0 aliphatic rings. The third-order valence-corrected chi connectivity index (χ3v) is 4.55. The number of carbonyl (C=O) groups is 2. The molecule has 7 heteroatoms. The van der Waals surface area contributed by atoms with Crippen molar-refractivity contribution in [2.75, 3.05) is 10.6 Å². The summed E-state index contributed by atoms with van der Waals surface area (Å²) in [5, 5.41) is 6.93. The Morgan fingerprint density at radius 1 is 0.966 bits per heavy atom. The lowest BCUT2D eigenvalue weighted by molar-refractivity contribution is -0.115. The summed E-state index contributed by atoms with van der Waals surface area (Å²) in [7, 11) is 0. The number of fused-ring (bicyclic) bond motifs is 1. The zero-order valence-corrected chi connectivity index (χ0v) is 15.9. The number of hydrogen-bond donors (Lipinski definition) is 2. The van der Waals surface area contributed by atoms with Crippen molar-refractivity contribution in [2.24, 2.45) is 0 Å². The Bertz CT molecular complexity index is 1180. The lowest BCUT2D eigenvalue weighted by atomic mass is 10.1. The number of anilines is 2. The van der Waals surface area contributed by atoms with Gasteiger partial charge in [0.05, 0.1) is 29.6 Å². The van der Waals surface area contributed by atoms with Crippen LogP contribution in [-0.4, -0.2) is 16.8 Å². The standard InChI is InChI=1S/C22H16ClN3O3/c23-16-8-9-17(18(13-16)26-22(28)19-7-3-11-29-19)25-20(27)12-15-5-1-4-14-6-2-10-24-21(14)15/h1-11,13H,12H2,(H,25,27)(H,26,28). The van der Waals surface area contributed by atoms with Crippen molar-refractivity contribution in [1.82, 2.24) is 4.98 Å². The summed E-state index contributed by atoms with van der Waals surface area (Å²) in [6.07, 6.45) is 3.25. The number of pyridine rings is 1. The Morgan fingerprint density at radius 2 is 1.83 bits per heavy atom. The lowest BCUT2D eigenvalue weighted by Crippen LogP contribution is -2.18. The summed E-state index contributed by atoms with van der Waals surface area (Å²) in [4.78, 5) is 29.3. The van der Waals surface area contributed by atoms with E-state index in [9.17, 15) is 9.59 Å². The van der Waals surface area contributed by atoms with Crippen LogP contribution >= 0.6 is 11.6 Å². The number of para-hydroxylation sites is 1. The van der Waals surface area contributed by atoms with Gasteiger partial charge in [-0.3, -0.25) is 14.6 Å². The molecule has 0 aliphatic carbocycles. The zero-order chi connectivity index (χ0) is 20.2. The molecule has 0 spiro atoms. The summed E-state index contributed by atoms with van der Waals surface area (Å²) in [6, 6.07) is 17.5. The van der Waals surface area contributed by atoms with E-state index in [1.54, 1.807) is 36.5 Å². The number of halogens is 1. The predicted molar refractivity (Wildman–Crippen MR) is 112 cm³/mol. The van der Waals surface area contributed by atoms with Crippen molar-refractivity contribution in [1.29, 1.82) is 0 Å². The Hall–Kier alpha value is -3.64. The third kappa shape index (κ3) is 4.28. The van der Waals surface area contributed by atoms with Gasteiger partial charge in [-0.1, -0.05) is 35.9 Å². The average molecular weight is 406 g/mol. The Kier molecular flexibility index (Phi) is 5.27. The predicted octanol–water partition coefficient (Wildman–Crippen LogP) is 4.91.